The van der Waals surface area contributed by atoms with Gasteiger partial charge in [-0.2, -0.15) is 18.3 Å². The van der Waals surface area contributed by atoms with Crippen molar-refractivity contribution in [3.05, 3.63) is 60.3 Å². The SMILES string of the molecule is O=S1(=O)CC2(CC(N3CCN(c4ccnc(-c5cnc6ccc(C(F)(F)F)cn56)n4)CC3c3cn[nH]c3)C2)C1. The second kappa shape index (κ2) is 8.49. The number of fused-ring (bicyclic) bond motifs is 1. The van der Waals surface area contributed by atoms with E-state index in [4.69, 9.17) is 4.98 Å². The minimum Gasteiger partial charge on any atom is -0.353 e. The van der Waals surface area contributed by atoms with Crippen LogP contribution in [0.3, 0.4) is 0 Å². The van der Waals surface area contributed by atoms with Crippen molar-refractivity contribution in [2.75, 3.05) is 36.0 Å². The number of alkyl halides is 3. The molecule has 0 aromatic carbocycles. The van der Waals surface area contributed by atoms with Crippen LogP contribution in [-0.4, -0.2) is 80.0 Å². The summed E-state index contributed by atoms with van der Waals surface area (Å²) in [5.41, 5.74) is 0.957. The van der Waals surface area contributed by atoms with Crippen LogP contribution >= 0.6 is 0 Å². The van der Waals surface area contributed by atoms with Gasteiger partial charge >= 0.3 is 6.18 Å². The Morgan fingerprint density at radius 2 is 1.87 bits per heavy atom. The molecule has 7 rings (SSSR count). The van der Waals surface area contributed by atoms with Crippen LogP contribution in [0.1, 0.15) is 30.0 Å². The summed E-state index contributed by atoms with van der Waals surface area (Å²) < 4.78 is 64.9. The first-order valence-electron chi connectivity index (χ1n) is 12.7. The van der Waals surface area contributed by atoms with Crippen molar-refractivity contribution < 1.29 is 21.6 Å². The van der Waals surface area contributed by atoms with Crippen LogP contribution < -0.4 is 4.90 Å². The van der Waals surface area contributed by atoms with Crippen molar-refractivity contribution in [1.82, 2.24) is 34.4 Å². The molecule has 4 aromatic rings. The third-order valence-corrected chi connectivity index (χ3v) is 10.3. The normalized spacial score (nSPS) is 23.2. The maximum absolute atomic E-state index is 13.3. The number of imidazole rings is 1. The van der Waals surface area contributed by atoms with Crippen LogP contribution in [0.2, 0.25) is 0 Å². The van der Waals surface area contributed by atoms with E-state index in [2.05, 4.69) is 30.0 Å². The van der Waals surface area contributed by atoms with Gasteiger partial charge in [-0.3, -0.25) is 14.4 Å². The maximum atomic E-state index is 13.3. The molecule has 2 aliphatic heterocycles. The van der Waals surface area contributed by atoms with Crippen molar-refractivity contribution >= 4 is 21.3 Å². The van der Waals surface area contributed by atoms with Crippen LogP contribution in [0.25, 0.3) is 17.2 Å². The predicted molar refractivity (Wildman–Crippen MR) is 136 cm³/mol. The molecule has 4 aromatic heterocycles. The zero-order valence-corrected chi connectivity index (χ0v) is 21.5. The van der Waals surface area contributed by atoms with Gasteiger partial charge in [0.25, 0.3) is 0 Å². The minimum atomic E-state index is -4.48. The molecule has 1 N–H and O–H groups in total. The van der Waals surface area contributed by atoms with Crippen molar-refractivity contribution in [3.63, 3.8) is 0 Å². The number of H-pyrrole nitrogens is 1. The Bertz CT molecular complexity index is 1630. The Hall–Kier alpha value is -3.52. The summed E-state index contributed by atoms with van der Waals surface area (Å²) in [7, 11) is -2.87. The second-order valence-corrected chi connectivity index (χ2v) is 12.9. The van der Waals surface area contributed by atoms with Crippen LogP contribution in [0, 0.1) is 5.41 Å². The Morgan fingerprint density at radius 3 is 2.59 bits per heavy atom. The molecule has 0 radical (unpaired) electrons. The lowest BCUT2D eigenvalue weighted by Crippen LogP contribution is -2.64. The third-order valence-electron chi connectivity index (χ3n) is 8.21. The van der Waals surface area contributed by atoms with Gasteiger partial charge in [-0.25, -0.2) is 23.4 Å². The molecule has 3 fully saturated rings. The molecular formula is C25H25F3N8O2S. The number of hydrogen-bond acceptors (Lipinski definition) is 8. The number of piperazine rings is 1. The molecule has 1 unspecified atom stereocenters. The lowest BCUT2D eigenvalue weighted by atomic mass is 9.66. The number of pyridine rings is 1. The van der Waals surface area contributed by atoms with E-state index < -0.39 is 21.6 Å². The molecule has 3 aliphatic rings. The molecule has 204 valence electrons. The zero-order chi connectivity index (χ0) is 27.0. The summed E-state index contributed by atoms with van der Waals surface area (Å²) in [5, 5.41) is 7.04. The first-order valence-corrected chi connectivity index (χ1v) is 14.5. The quantitative estimate of drug-likeness (QED) is 0.407. The van der Waals surface area contributed by atoms with E-state index in [1.165, 1.54) is 16.7 Å². The summed E-state index contributed by atoms with van der Waals surface area (Å²) in [5.74, 6) is 1.55. The summed E-state index contributed by atoms with van der Waals surface area (Å²) in [6, 6.07) is 4.47. The van der Waals surface area contributed by atoms with Gasteiger partial charge in [0.1, 0.15) is 17.2 Å². The molecule has 1 spiro atoms. The van der Waals surface area contributed by atoms with Gasteiger partial charge in [0, 0.05) is 55.2 Å². The van der Waals surface area contributed by atoms with E-state index in [1.54, 1.807) is 12.3 Å². The maximum Gasteiger partial charge on any atom is 0.417 e. The van der Waals surface area contributed by atoms with Gasteiger partial charge in [-0.05, 0) is 31.0 Å². The number of halogens is 3. The average Bonchev–Trinajstić information content (AvgIpc) is 3.55. The molecule has 1 aliphatic carbocycles. The van der Waals surface area contributed by atoms with E-state index in [1.807, 2.05) is 12.4 Å². The number of rotatable bonds is 4. The highest BCUT2D eigenvalue weighted by atomic mass is 32.2. The minimum absolute atomic E-state index is 0.0279. The molecule has 14 heteroatoms. The Labute approximate surface area is 221 Å². The van der Waals surface area contributed by atoms with Crippen LogP contribution in [0.4, 0.5) is 19.0 Å². The number of aromatic amines is 1. The fourth-order valence-corrected chi connectivity index (χ4v) is 8.70. The largest absolute Gasteiger partial charge is 0.417 e. The van der Waals surface area contributed by atoms with Gasteiger partial charge in [-0.15, -0.1) is 0 Å². The highest BCUT2D eigenvalue weighted by Gasteiger charge is 2.58. The molecule has 1 saturated carbocycles. The van der Waals surface area contributed by atoms with Crippen LogP contribution in [-0.2, 0) is 16.0 Å². The third kappa shape index (κ3) is 4.25. The fraction of sp³-hybridized carbons (Fsp3) is 0.440. The van der Waals surface area contributed by atoms with Gasteiger partial charge < -0.3 is 4.90 Å². The molecule has 10 nitrogen and oxygen atoms in total. The monoisotopic (exact) mass is 558 g/mol. The Morgan fingerprint density at radius 1 is 1.05 bits per heavy atom. The highest BCUT2D eigenvalue weighted by Crippen LogP contribution is 2.53. The molecular weight excluding hydrogens is 533 g/mol. The standard InChI is InChI=1S/C25H25F3N8O2S/c26-25(27,28)17-1-2-21-30-11-19(36(21)12-17)23-29-4-3-22(33-23)34-5-6-35(20(13-34)16-9-31-32-10-16)18-7-24(8-18)14-39(37,38)15-24/h1-4,9-12,18,20H,5-8,13-15H2,(H,31,32). The summed E-state index contributed by atoms with van der Waals surface area (Å²) >= 11 is 0. The van der Waals surface area contributed by atoms with E-state index in [0.717, 1.165) is 37.2 Å². The van der Waals surface area contributed by atoms with Gasteiger partial charge in [-0.1, -0.05) is 0 Å². The average molecular weight is 559 g/mol. The summed E-state index contributed by atoms with van der Waals surface area (Å²) in [6.45, 7) is 2.08. The predicted octanol–water partition coefficient (Wildman–Crippen LogP) is 2.97. The van der Waals surface area contributed by atoms with Crippen molar-refractivity contribution in [1.29, 1.82) is 0 Å². The number of anilines is 1. The van der Waals surface area contributed by atoms with Gasteiger partial charge in [0.05, 0.1) is 35.5 Å². The first kappa shape index (κ1) is 24.5. The molecule has 0 bridgehead atoms. The molecule has 6 heterocycles. The van der Waals surface area contributed by atoms with Crippen molar-refractivity contribution in [2.45, 2.75) is 31.1 Å². The van der Waals surface area contributed by atoms with Crippen LogP contribution in [0.5, 0.6) is 0 Å². The first-order chi connectivity index (χ1) is 18.6. The molecule has 39 heavy (non-hydrogen) atoms. The summed E-state index contributed by atoms with van der Waals surface area (Å²) in [4.78, 5) is 17.9. The summed E-state index contributed by atoms with van der Waals surface area (Å²) in [6.07, 6.45) is 5.08. The second-order valence-electron chi connectivity index (χ2n) is 10.9. The molecule has 1 atom stereocenters. The van der Waals surface area contributed by atoms with Crippen LogP contribution in [0.15, 0.2) is 49.2 Å². The molecule has 0 amide bonds. The topological polar surface area (TPSA) is 112 Å². The van der Waals surface area contributed by atoms with Crippen molar-refractivity contribution in [2.24, 2.45) is 5.41 Å². The molecule has 2 saturated heterocycles. The van der Waals surface area contributed by atoms with E-state index >= 15 is 0 Å². The number of nitrogens with one attached hydrogen (secondary N) is 1. The number of hydrogen-bond donors (Lipinski definition) is 1. The number of sulfone groups is 1. The lowest BCUT2D eigenvalue weighted by Gasteiger charge is -2.58. The smallest absolute Gasteiger partial charge is 0.353 e. The fourth-order valence-electron chi connectivity index (χ4n) is 6.45. The highest BCUT2D eigenvalue weighted by molar-refractivity contribution is 7.92. The van der Waals surface area contributed by atoms with E-state index in [-0.39, 0.29) is 17.3 Å². The zero-order valence-electron chi connectivity index (χ0n) is 20.7. The Kier molecular flexibility index (Phi) is 5.34. The lowest BCUT2D eigenvalue weighted by molar-refractivity contribution is -0.137. The van der Waals surface area contributed by atoms with Crippen molar-refractivity contribution in [3.8, 4) is 11.5 Å². The number of aromatic nitrogens is 6. The van der Waals surface area contributed by atoms with E-state index in [0.29, 0.717) is 47.8 Å². The van der Waals surface area contributed by atoms with Gasteiger partial charge in [0.15, 0.2) is 15.7 Å². The Balaban J connectivity index is 1.15. The number of nitrogens with zero attached hydrogens (tertiary/aromatic N) is 7. The van der Waals surface area contributed by atoms with E-state index in [9.17, 15) is 21.6 Å². The van der Waals surface area contributed by atoms with Gasteiger partial charge in [0.2, 0.25) is 0 Å².